The van der Waals surface area contributed by atoms with Crippen LogP contribution >= 0.6 is 0 Å². The molecule has 0 unspecified atom stereocenters. The first-order valence-electron chi connectivity index (χ1n) is 9.33. The summed E-state index contributed by atoms with van der Waals surface area (Å²) in [6, 6.07) is 17.0. The van der Waals surface area contributed by atoms with Gasteiger partial charge in [0, 0.05) is 18.2 Å². The maximum absolute atomic E-state index is 6.54. The Morgan fingerprint density at radius 3 is 2.78 bits per heavy atom. The van der Waals surface area contributed by atoms with Gasteiger partial charge < -0.3 is 10.5 Å². The predicted octanol–water partition coefficient (Wildman–Crippen LogP) is 2.94. The van der Waals surface area contributed by atoms with E-state index in [1.807, 2.05) is 18.2 Å². The normalized spacial score (nSPS) is 20.5. The third-order valence-electron chi connectivity index (χ3n) is 5.24. The molecule has 2 N–H and O–H groups in total. The SMILES string of the molecule is COc1ccc(-n2cncn2)cc1CN1CCC[C@H](N)[C@@H]1c1ccccc1. The minimum Gasteiger partial charge on any atom is -0.496 e. The van der Waals surface area contributed by atoms with Gasteiger partial charge in [-0.05, 0) is 43.1 Å². The number of nitrogens with two attached hydrogens (primary N) is 1. The lowest BCUT2D eigenvalue weighted by Crippen LogP contribution is -2.45. The molecule has 0 amide bonds. The number of hydrogen-bond acceptors (Lipinski definition) is 5. The van der Waals surface area contributed by atoms with Crippen molar-refractivity contribution in [3.8, 4) is 11.4 Å². The molecule has 2 aromatic carbocycles. The number of nitrogens with zero attached hydrogens (tertiary/aromatic N) is 4. The molecule has 1 aliphatic rings. The third kappa shape index (κ3) is 3.72. The Balaban J connectivity index is 1.66. The molecule has 2 heterocycles. The van der Waals surface area contributed by atoms with Gasteiger partial charge in [-0.15, -0.1) is 0 Å². The zero-order valence-corrected chi connectivity index (χ0v) is 15.5. The molecule has 0 radical (unpaired) electrons. The van der Waals surface area contributed by atoms with E-state index < -0.39 is 0 Å². The van der Waals surface area contributed by atoms with E-state index in [9.17, 15) is 0 Å². The number of rotatable bonds is 5. The summed E-state index contributed by atoms with van der Waals surface area (Å²) in [6.07, 6.45) is 5.40. The molecule has 6 heteroatoms. The van der Waals surface area contributed by atoms with E-state index in [-0.39, 0.29) is 12.1 Å². The summed E-state index contributed by atoms with van der Waals surface area (Å²) >= 11 is 0. The lowest BCUT2D eigenvalue weighted by molar-refractivity contribution is 0.119. The minimum absolute atomic E-state index is 0.130. The van der Waals surface area contributed by atoms with Gasteiger partial charge in [0.25, 0.3) is 0 Å². The van der Waals surface area contributed by atoms with Gasteiger partial charge in [0.2, 0.25) is 0 Å². The van der Waals surface area contributed by atoms with E-state index in [4.69, 9.17) is 10.5 Å². The summed E-state index contributed by atoms with van der Waals surface area (Å²) in [5, 5.41) is 4.24. The quantitative estimate of drug-likeness (QED) is 0.755. The van der Waals surface area contributed by atoms with Gasteiger partial charge >= 0.3 is 0 Å². The van der Waals surface area contributed by atoms with Crippen LogP contribution in [0.2, 0.25) is 0 Å². The molecule has 4 rings (SSSR count). The average Bonchev–Trinajstić information content (AvgIpc) is 3.24. The fourth-order valence-corrected chi connectivity index (χ4v) is 3.97. The summed E-state index contributed by atoms with van der Waals surface area (Å²) in [7, 11) is 1.71. The van der Waals surface area contributed by atoms with Crippen LogP contribution in [0.1, 0.15) is 30.0 Å². The average molecular weight is 363 g/mol. The van der Waals surface area contributed by atoms with Gasteiger partial charge in [-0.1, -0.05) is 30.3 Å². The van der Waals surface area contributed by atoms with Crippen LogP contribution < -0.4 is 10.5 Å². The van der Waals surface area contributed by atoms with Crippen LogP contribution in [-0.4, -0.2) is 39.4 Å². The molecule has 6 nitrogen and oxygen atoms in total. The molecule has 0 bridgehead atoms. The van der Waals surface area contributed by atoms with Gasteiger partial charge in [-0.25, -0.2) is 9.67 Å². The van der Waals surface area contributed by atoms with Gasteiger partial charge in [-0.2, -0.15) is 5.10 Å². The van der Waals surface area contributed by atoms with Crippen molar-refractivity contribution in [3.63, 3.8) is 0 Å². The molecule has 0 spiro atoms. The summed E-state index contributed by atoms with van der Waals surface area (Å²) < 4.78 is 7.39. The van der Waals surface area contributed by atoms with Crippen molar-refractivity contribution < 1.29 is 4.74 Å². The highest BCUT2D eigenvalue weighted by Gasteiger charge is 2.30. The Kier molecular flexibility index (Phi) is 5.18. The predicted molar refractivity (Wildman–Crippen MR) is 105 cm³/mol. The van der Waals surface area contributed by atoms with Crippen LogP contribution in [0.3, 0.4) is 0 Å². The van der Waals surface area contributed by atoms with Gasteiger partial charge in [0.05, 0.1) is 18.8 Å². The number of aromatic nitrogens is 3. The van der Waals surface area contributed by atoms with Crippen molar-refractivity contribution in [3.05, 3.63) is 72.3 Å². The van der Waals surface area contributed by atoms with E-state index in [0.29, 0.717) is 0 Å². The molecular weight excluding hydrogens is 338 g/mol. The van der Waals surface area contributed by atoms with Crippen molar-refractivity contribution in [2.45, 2.75) is 31.5 Å². The molecule has 140 valence electrons. The van der Waals surface area contributed by atoms with Gasteiger partial charge in [0.1, 0.15) is 18.4 Å². The fourth-order valence-electron chi connectivity index (χ4n) is 3.97. The molecule has 27 heavy (non-hydrogen) atoms. The molecular formula is C21H25N5O. The van der Waals surface area contributed by atoms with Crippen LogP contribution in [0.15, 0.2) is 61.2 Å². The first-order valence-corrected chi connectivity index (χ1v) is 9.33. The topological polar surface area (TPSA) is 69.2 Å². The lowest BCUT2D eigenvalue weighted by Gasteiger charge is -2.40. The number of benzene rings is 2. The van der Waals surface area contributed by atoms with E-state index in [0.717, 1.165) is 42.9 Å². The van der Waals surface area contributed by atoms with Crippen LogP contribution in [0, 0.1) is 0 Å². The lowest BCUT2D eigenvalue weighted by atomic mass is 9.90. The Labute approximate surface area is 159 Å². The first kappa shape index (κ1) is 17.7. The van der Waals surface area contributed by atoms with E-state index in [1.54, 1.807) is 24.4 Å². The Bertz CT molecular complexity index is 866. The summed E-state index contributed by atoms with van der Waals surface area (Å²) in [5.74, 6) is 0.879. The maximum atomic E-state index is 6.54. The number of piperidine rings is 1. The Morgan fingerprint density at radius 2 is 2.04 bits per heavy atom. The van der Waals surface area contributed by atoms with E-state index in [1.165, 1.54) is 5.56 Å². The molecule has 1 fully saturated rings. The number of hydrogen-bond donors (Lipinski definition) is 1. The van der Waals surface area contributed by atoms with Gasteiger partial charge in [0.15, 0.2) is 0 Å². The van der Waals surface area contributed by atoms with Crippen LogP contribution in [0.4, 0.5) is 0 Å². The monoisotopic (exact) mass is 363 g/mol. The van der Waals surface area contributed by atoms with Crippen molar-refractivity contribution in [2.24, 2.45) is 5.73 Å². The maximum Gasteiger partial charge on any atom is 0.138 e. The molecule has 0 aliphatic carbocycles. The zero-order chi connectivity index (χ0) is 18.6. The Morgan fingerprint density at radius 1 is 1.19 bits per heavy atom. The second kappa shape index (κ2) is 7.90. The van der Waals surface area contributed by atoms with Crippen LogP contribution in [-0.2, 0) is 6.54 Å². The third-order valence-corrected chi connectivity index (χ3v) is 5.24. The number of ether oxygens (including phenoxy) is 1. The zero-order valence-electron chi connectivity index (χ0n) is 15.5. The molecule has 1 aliphatic heterocycles. The fraction of sp³-hybridized carbons (Fsp3) is 0.333. The molecule has 2 atom stereocenters. The molecule has 3 aromatic rings. The Hall–Kier alpha value is -2.70. The van der Waals surface area contributed by atoms with Crippen LogP contribution in [0.25, 0.3) is 5.69 Å². The second-order valence-electron chi connectivity index (χ2n) is 6.97. The first-order chi connectivity index (χ1) is 13.3. The molecule has 1 aromatic heterocycles. The summed E-state index contributed by atoms with van der Waals surface area (Å²) in [5.41, 5.74) is 9.91. The van der Waals surface area contributed by atoms with E-state index in [2.05, 4.69) is 45.3 Å². The molecule has 0 saturated carbocycles. The number of methoxy groups -OCH3 is 1. The van der Waals surface area contributed by atoms with Crippen molar-refractivity contribution in [1.29, 1.82) is 0 Å². The molecule has 1 saturated heterocycles. The minimum atomic E-state index is 0.130. The van der Waals surface area contributed by atoms with E-state index >= 15 is 0 Å². The number of likely N-dealkylation sites (tertiary alicyclic amines) is 1. The highest BCUT2D eigenvalue weighted by atomic mass is 16.5. The van der Waals surface area contributed by atoms with Crippen LogP contribution in [0.5, 0.6) is 5.75 Å². The second-order valence-corrected chi connectivity index (χ2v) is 6.97. The summed E-state index contributed by atoms with van der Waals surface area (Å²) in [4.78, 5) is 6.51. The highest BCUT2D eigenvalue weighted by molar-refractivity contribution is 5.44. The smallest absolute Gasteiger partial charge is 0.138 e. The largest absolute Gasteiger partial charge is 0.496 e. The highest BCUT2D eigenvalue weighted by Crippen LogP contribution is 2.33. The van der Waals surface area contributed by atoms with Crippen molar-refractivity contribution in [1.82, 2.24) is 19.7 Å². The standard InChI is InChI=1S/C21H25N5O/c1-27-20-10-9-18(26-15-23-14-24-26)12-17(20)13-25-11-5-8-19(22)21(25)16-6-3-2-4-7-16/h2-4,6-7,9-10,12,14-15,19,21H,5,8,11,13,22H2,1H3/t19-,21-/m0/s1. The van der Waals surface area contributed by atoms with Crippen molar-refractivity contribution >= 4 is 0 Å². The van der Waals surface area contributed by atoms with Gasteiger partial charge in [-0.3, -0.25) is 4.90 Å². The van der Waals surface area contributed by atoms with Crippen molar-refractivity contribution in [2.75, 3.05) is 13.7 Å². The summed E-state index contributed by atoms with van der Waals surface area (Å²) in [6.45, 7) is 1.79.